The standard InChI is InChI=1S/C19H15Cl2NO2/c20-14-6-13(7-15(21)8-14)16-9-19(16)10-17(23)22(18(19)24)11-12-4-2-1-3-5-12/h1-8,16H,9-11H2/t16-,19?/m1/s1. The summed E-state index contributed by atoms with van der Waals surface area (Å²) in [6.07, 6.45) is 0.951. The van der Waals surface area contributed by atoms with Gasteiger partial charge in [-0.2, -0.15) is 0 Å². The van der Waals surface area contributed by atoms with E-state index in [9.17, 15) is 9.59 Å². The van der Waals surface area contributed by atoms with E-state index in [1.165, 1.54) is 4.90 Å². The molecule has 1 saturated heterocycles. The minimum atomic E-state index is -0.597. The van der Waals surface area contributed by atoms with Crippen LogP contribution < -0.4 is 0 Å². The average molecular weight is 360 g/mol. The summed E-state index contributed by atoms with van der Waals surface area (Å²) in [7, 11) is 0. The van der Waals surface area contributed by atoms with Crippen molar-refractivity contribution >= 4 is 35.0 Å². The molecular formula is C19H15Cl2NO2. The largest absolute Gasteiger partial charge is 0.278 e. The van der Waals surface area contributed by atoms with Crippen molar-refractivity contribution in [2.75, 3.05) is 0 Å². The van der Waals surface area contributed by atoms with Crippen molar-refractivity contribution in [3.05, 3.63) is 69.7 Å². The summed E-state index contributed by atoms with van der Waals surface area (Å²) in [5.41, 5.74) is 1.30. The van der Waals surface area contributed by atoms with Crippen molar-refractivity contribution < 1.29 is 9.59 Å². The third-order valence-electron chi connectivity index (χ3n) is 4.98. The quantitative estimate of drug-likeness (QED) is 0.760. The zero-order valence-electron chi connectivity index (χ0n) is 12.8. The van der Waals surface area contributed by atoms with Crippen LogP contribution in [0.2, 0.25) is 10.0 Å². The predicted octanol–water partition coefficient (Wildman–Crippen LogP) is 4.43. The van der Waals surface area contributed by atoms with E-state index in [0.717, 1.165) is 11.1 Å². The number of amides is 2. The van der Waals surface area contributed by atoms with E-state index in [1.807, 2.05) is 42.5 Å². The molecule has 1 unspecified atom stereocenters. The maximum Gasteiger partial charge on any atom is 0.236 e. The van der Waals surface area contributed by atoms with Gasteiger partial charge in [-0.25, -0.2) is 0 Å². The molecule has 2 fully saturated rings. The Morgan fingerprint density at radius 2 is 1.71 bits per heavy atom. The number of nitrogens with zero attached hydrogens (tertiary/aromatic N) is 1. The summed E-state index contributed by atoms with van der Waals surface area (Å²) < 4.78 is 0. The van der Waals surface area contributed by atoms with Gasteiger partial charge in [0, 0.05) is 22.4 Å². The number of likely N-dealkylation sites (tertiary alicyclic amines) is 1. The van der Waals surface area contributed by atoms with E-state index in [0.29, 0.717) is 23.0 Å². The van der Waals surface area contributed by atoms with Gasteiger partial charge in [0.1, 0.15) is 0 Å². The third kappa shape index (κ3) is 2.52. The van der Waals surface area contributed by atoms with Crippen LogP contribution in [0.4, 0.5) is 0 Å². The summed E-state index contributed by atoms with van der Waals surface area (Å²) in [5, 5.41) is 1.11. The molecule has 1 aliphatic heterocycles. The number of hydrogen-bond acceptors (Lipinski definition) is 2. The number of imide groups is 1. The van der Waals surface area contributed by atoms with E-state index in [2.05, 4.69) is 0 Å². The highest BCUT2D eigenvalue weighted by molar-refractivity contribution is 6.34. The molecular weight excluding hydrogens is 345 g/mol. The van der Waals surface area contributed by atoms with Crippen LogP contribution in [-0.2, 0) is 16.1 Å². The van der Waals surface area contributed by atoms with Crippen molar-refractivity contribution in [1.29, 1.82) is 0 Å². The molecule has 122 valence electrons. The molecule has 3 nitrogen and oxygen atoms in total. The molecule has 2 aromatic carbocycles. The maximum atomic E-state index is 12.9. The lowest BCUT2D eigenvalue weighted by Gasteiger charge is -2.15. The fraction of sp³-hybridized carbons (Fsp3) is 0.263. The number of carbonyl (C=O) groups excluding carboxylic acids is 2. The minimum Gasteiger partial charge on any atom is -0.278 e. The zero-order valence-corrected chi connectivity index (χ0v) is 14.3. The van der Waals surface area contributed by atoms with Gasteiger partial charge in [-0.1, -0.05) is 53.5 Å². The van der Waals surface area contributed by atoms with Crippen LogP contribution >= 0.6 is 23.2 Å². The van der Waals surface area contributed by atoms with Crippen molar-refractivity contribution in [3.63, 3.8) is 0 Å². The highest BCUT2D eigenvalue weighted by Gasteiger charge is 2.67. The Morgan fingerprint density at radius 1 is 1.04 bits per heavy atom. The number of hydrogen-bond donors (Lipinski definition) is 0. The van der Waals surface area contributed by atoms with E-state index in [4.69, 9.17) is 23.2 Å². The van der Waals surface area contributed by atoms with Crippen LogP contribution in [0, 0.1) is 5.41 Å². The van der Waals surface area contributed by atoms with Crippen LogP contribution in [0.3, 0.4) is 0 Å². The molecule has 2 amide bonds. The summed E-state index contributed by atoms with van der Waals surface area (Å²) >= 11 is 12.1. The molecule has 2 aliphatic rings. The van der Waals surface area contributed by atoms with Gasteiger partial charge in [0.2, 0.25) is 11.8 Å². The average Bonchev–Trinajstić information content (AvgIpc) is 3.22. The molecule has 4 rings (SSSR count). The van der Waals surface area contributed by atoms with Gasteiger partial charge >= 0.3 is 0 Å². The second-order valence-electron chi connectivity index (χ2n) is 6.56. The van der Waals surface area contributed by atoms with E-state index < -0.39 is 5.41 Å². The fourth-order valence-electron chi connectivity index (χ4n) is 3.70. The molecule has 2 atom stereocenters. The van der Waals surface area contributed by atoms with Crippen molar-refractivity contribution in [2.24, 2.45) is 5.41 Å². The lowest BCUT2D eigenvalue weighted by Crippen LogP contribution is -2.30. The van der Waals surface area contributed by atoms with E-state index in [-0.39, 0.29) is 24.2 Å². The summed E-state index contributed by atoms with van der Waals surface area (Å²) in [4.78, 5) is 26.7. The Kier molecular flexibility index (Phi) is 3.66. The van der Waals surface area contributed by atoms with Crippen LogP contribution in [-0.4, -0.2) is 16.7 Å². The summed E-state index contributed by atoms with van der Waals surface area (Å²) in [6, 6.07) is 14.9. The van der Waals surface area contributed by atoms with Crippen molar-refractivity contribution in [3.8, 4) is 0 Å². The van der Waals surface area contributed by atoms with Crippen LogP contribution in [0.25, 0.3) is 0 Å². The van der Waals surface area contributed by atoms with Gasteiger partial charge in [-0.15, -0.1) is 0 Å². The molecule has 0 radical (unpaired) electrons. The molecule has 1 heterocycles. The molecule has 0 bridgehead atoms. The monoisotopic (exact) mass is 359 g/mol. The van der Waals surface area contributed by atoms with Crippen LogP contribution in [0.5, 0.6) is 0 Å². The Hall–Kier alpha value is -1.84. The Balaban J connectivity index is 1.58. The molecule has 0 aromatic heterocycles. The van der Waals surface area contributed by atoms with Gasteiger partial charge in [0.05, 0.1) is 12.0 Å². The molecule has 24 heavy (non-hydrogen) atoms. The second kappa shape index (κ2) is 5.61. The fourth-order valence-corrected chi connectivity index (χ4v) is 4.24. The molecule has 2 aromatic rings. The minimum absolute atomic E-state index is 0.0194. The van der Waals surface area contributed by atoms with E-state index >= 15 is 0 Å². The summed E-state index contributed by atoms with van der Waals surface area (Å²) in [5.74, 6) is -0.150. The van der Waals surface area contributed by atoms with Crippen molar-refractivity contribution in [1.82, 2.24) is 4.90 Å². The zero-order chi connectivity index (χ0) is 16.9. The first-order chi connectivity index (χ1) is 11.5. The highest BCUT2D eigenvalue weighted by Crippen LogP contribution is 2.65. The second-order valence-corrected chi connectivity index (χ2v) is 7.44. The Bertz CT molecular complexity index is 816. The van der Waals surface area contributed by atoms with Crippen molar-refractivity contribution in [2.45, 2.75) is 25.3 Å². The Morgan fingerprint density at radius 3 is 2.38 bits per heavy atom. The maximum absolute atomic E-state index is 12.9. The summed E-state index contributed by atoms with van der Waals surface area (Å²) in [6.45, 7) is 0.337. The van der Waals surface area contributed by atoms with Gasteiger partial charge in [-0.3, -0.25) is 14.5 Å². The first-order valence-electron chi connectivity index (χ1n) is 7.84. The topological polar surface area (TPSA) is 37.4 Å². The molecule has 1 aliphatic carbocycles. The molecule has 1 saturated carbocycles. The van der Waals surface area contributed by atoms with Gasteiger partial charge in [0.15, 0.2) is 0 Å². The smallest absolute Gasteiger partial charge is 0.236 e. The first kappa shape index (κ1) is 15.7. The SMILES string of the molecule is O=C1CC2(C[C@@H]2c2cc(Cl)cc(Cl)c2)C(=O)N1Cc1ccccc1. The number of rotatable bonds is 3. The van der Waals surface area contributed by atoms with Gasteiger partial charge in [-0.05, 0) is 35.7 Å². The van der Waals surface area contributed by atoms with Crippen LogP contribution in [0.1, 0.15) is 29.9 Å². The molecule has 0 N–H and O–H groups in total. The number of benzene rings is 2. The highest BCUT2D eigenvalue weighted by atomic mass is 35.5. The first-order valence-corrected chi connectivity index (χ1v) is 8.60. The normalized spacial score (nSPS) is 25.6. The van der Waals surface area contributed by atoms with Gasteiger partial charge < -0.3 is 0 Å². The third-order valence-corrected chi connectivity index (χ3v) is 5.42. The van der Waals surface area contributed by atoms with Gasteiger partial charge in [0.25, 0.3) is 0 Å². The predicted molar refractivity (Wildman–Crippen MR) is 92.9 cm³/mol. The Labute approximate surface area is 150 Å². The number of carbonyl (C=O) groups is 2. The lowest BCUT2D eigenvalue weighted by molar-refractivity contribution is -0.140. The lowest BCUT2D eigenvalue weighted by atomic mass is 9.97. The molecule has 5 heteroatoms. The molecule has 1 spiro atoms. The number of halogens is 2. The van der Waals surface area contributed by atoms with Crippen LogP contribution in [0.15, 0.2) is 48.5 Å². The van der Waals surface area contributed by atoms with E-state index in [1.54, 1.807) is 6.07 Å².